The Morgan fingerprint density at radius 1 is 1.04 bits per heavy atom. The molecule has 5 nitrogen and oxygen atoms in total. The van der Waals surface area contributed by atoms with Gasteiger partial charge in [0.05, 0.1) is 0 Å². The van der Waals surface area contributed by atoms with E-state index in [1.807, 2.05) is 0 Å². The van der Waals surface area contributed by atoms with Crippen molar-refractivity contribution in [2.24, 2.45) is 0 Å². The summed E-state index contributed by atoms with van der Waals surface area (Å²) in [5, 5.41) is 2.48. The van der Waals surface area contributed by atoms with E-state index in [1.165, 1.54) is 48.5 Å². The Morgan fingerprint density at radius 2 is 1.72 bits per heavy atom. The molecule has 1 amide bonds. The highest BCUT2D eigenvalue weighted by molar-refractivity contribution is 5.93. The van der Waals surface area contributed by atoms with Crippen LogP contribution in [0.25, 0.3) is 0 Å². The molecule has 0 radical (unpaired) electrons. The number of para-hydroxylation sites is 1. The number of nitrogens with one attached hydrogen (secondary N) is 1. The number of rotatable bonds is 7. The van der Waals surface area contributed by atoms with E-state index in [4.69, 9.17) is 4.74 Å². The Kier molecular flexibility index (Phi) is 6.39. The molecule has 0 saturated heterocycles. The quantitative estimate of drug-likeness (QED) is 0.778. The highest BCUT2D eigenvalue weighted by atomic mass is 19.3. The summed E-state index contributed by atoms with van der Waals surface area (Å²) in [7, 11) is 0. The lowest BCUT2D eigenvalue weighted by atomic mass is 10.2. The average molecular weight is 353 g/mol. The Morgan fingerprint density at radius 3 is 2.40 bits per heavy atom. The third kappa shape index (κ3) is 5.83. The van der Waals surface area contributed by atoms with Crippen molar-refractivity contribution in [1.82, 2.24) is 5.32 Å². The summed E-state index contributed by atoms with van der Waals surface area (Å²) in [6, 6.07) is 10.8. The Hall–Kier alpha value is -3.03. The number of ether oxygens (including phenoxy) is 2. The fourth-order valence-electron chi connectivity index (χ4n) is 1.90. The zero-order valence-electron chi connectivity index (χ0n) is 12.9. The van der Waals surface area contributed by atoms with Crippen LogP contribution in [0.2, 0.25) is 0 Å². The van der Waals surface area contributed by atoms with Crippen molar-refractivity contribution in [1.29, 1.82) is 0 Å². The predicted octanol–water partition coefficient (Wildman–Crippen LogP) is 2.90. The van der Waals surface area contributed by atoms with Gasteiger partial charge in [-0.3, -0.25) is 4.79 Å². The number of halogens is 3. The minimum atomic E-state index is -3.09. The number of hydrogen-bond acceptors (Lipinski definition) is 4. The summed E-state index contributed by atoms with van der Waals surface area (Å²) >= 11 is 0. The van der Waals surface area contributed by atoms with Crippen LogP contribution in [-0.2, 0) is 16.1 Å². The van der Waals surface area contributed by atoms with E-state index in [-0.39, 0.29) is 17.9 Å². The van der Waals surface area contributed by atoms with Crippen molar-refractivity contribution in [3.63, 3.8) is 0 Å². The molecule has 0 atom stereocenters. The number of benzene rings is 2. The first-order chi connectivity index (χ1) is 12.0. The van der Waals surface area contributed by atoms with Crippen LogP contribution in [0.1, 0.15) is 15.9 Å². The molecule has 2 aromatic carbocycles. The summed E-state index contributed by atoms with van der Waals surface area (Å²) in [5.41, 5.74) is 0.450. The van der Waals surface area contributed by atoms with Gasteiger partial charge < -0.3 is 14.8 Å². The zero-order chi connectivity index (χ0) is 18.2. The van der Waals surface area contributed by atoms with E-state index in [2.05, 4.69) is 10.1 Å². The van der Waals surface area contributed by atoms with Crippen molar-refractivity contribution < 1.29 is 32.2 Å². The maximum atomic E-state index is 12.8. The number of carbonyl (C=O) groups is 2. The molecule has 0 aromatic heterocycles. The highest BCUT2D eigenvalue weighted by Gasteiger charge is 2.17. The first kappa shape index (κ1) is 18.3. The third-order valence-corrected chi connectivity index (χ3v) is 3.06. The first-order valence-corrected chi connectivity index (χ1v) is 7.18. The largest absolute Gasteiger partial charge is 0.452 e. The van der Waals surface area contributed by atoms with Crippen LogP contribution >= 0.6 is 0 Å². The Labute approximate surface area is 141 Å². The zero-order valence-corrected chi connectivity index (χ0v) is 12.9. The van der Waals surface area contributed by atoms with Crippen LogP contribution in [0, 0.1) is 5.82 Å². The lowest BCUT2D eigenvalue weighted by molar-refractivity contribution is -0.124. The standard InChI is InChI=1S/C17H14F3NO4/c18-12-7-5-11(6-8-12)9-21-15(22)10-24-16(23)13-3-1-2-4-14(13)25-17(19)20/h1-8,17H,9-10H2,(H,21,22). The summed E-state index contributed by atoms with van der Waals surface area (Å²) in [5.74, 6) is -2.29. The molecule has 8 heteroatoms. The molecule has 0 saturated carbocycles. The fraction of sp³-hybridized carbons (Fsp3) is 0.176. The van der Waals surface area contributed by atoms with Gasteiger partial charge in [-0.1, -0.05) is 24.3 Å². The number of esters is 1. The fourth-order valence-corrected chi connectivity index (χ4v) is 1.90. The maximum absolute atomic E-state index is 12.8. The minimum absolute atomic E-state index is 0.127. The summed E-state index contributed by atoms with van der Waals surface area (Å²) in [4.78, 5) is 23.6. The second-order valence-electron chi connectivity index (χ2n) is 4.85. The van der Waals surface area contributed by atoms with Crippen molar-refractivity contribution in [3.8, 4) is 5.75 Å². The lowest BCUT2D eigenvalue weighted by Crippen LogP contribution is -2.28. The molecule has 0 spiro atoms. The molecular weight excluding hydrogens is 339 g/mol. The number of hydrogen-bond donors (Lipinski definition) is 1. The van der Waals surface area contributed by atoms with Gasteiger partial charge in [0.25, 0.3) is 5.91 Å². The molecule has 0 fully saturated rings. The van der Waals surface area contributed by atoms with Crippen LogP contribution < -0.4 is 10.1 Å². The summed E-state index contributed by atoms with van der Waals surface area (Å²) < 4.78 is 46.4. The van der Waals surface area contributed by atoms with Crippen molar-refractivity contribution in [2.75, 3.05) is 6.61 Å². The molecule has 132 valence electrons. The van der Waals surface area contributed by atoms with E-state index >= 15 is 0 Å². The van der Waals surface area contributed by atoms with Gasteiger partial charge in [-0.25, -0.2) is 9.18 Å². The molecule has 2 rings (SSSR count). The van der Waals surface area contributed by atoms with E-state index in [9.17, 15) is 22.8 Å². The van der Waals surface area contributed by atoms with Crippen molar-refractivity contribution in [2.45, 2.75) is 13.2 Å². The highest BCUT2D eigenvalue weighted by Crippen LogP contribution is 2.21. The maximum Gasteiger partial charge on any atom is 0.387 e. The molecule has 0 heterocycles. The van der Waals surface area contributed by atoms with E-state index in [0.29, 0.717) is 5.56 Å². The molecule has 0 aliphatic carbocycles. The SMILES string of the molecule is O=C(COC(=O)c1ccccc1OC(F)F)NCc1ccc(F)cc1. The normalized spacial score (nSPS) is 10.4. The first-order valence-electron chi connectivity index (χ1n) is 7.18. The molecule has 25 heavy (non-hydrogen) atoms. The van der Waals surface area contributed by atoms with Crippen LogP contribution in [0.3, 0.4) is 0 Å². The van der Waals surface area contributed by atoms with Gasteiger partial charge in [0.1, 0.15) is 17.1 Å². The number of carbonyl (C=O) groups excluding carboxylic acids is 2. The second kappa shape index (κ2) is 8.72. The van der Waals surface area contributed by atoms with E-state index in [1.54, 1.807) is 0 Å². The van der Waals surface area contributed by atoms with Crippen LogP contribution in [0.15, 0.2) is 48.5 Å². The second-order valence-corrected chi connectivity index (χ2v) is 4.85. The van der Waals surface area contributed by atoms with Crippen molar-refractivity contribution in [3.05, 3.63) is 65.5 Å². The number of alkyl halides is 2. The van der Waals surface area contributed by atoms with Gasteiger partial charge in [-0.15, -0.1) is 0 Å². The smallest absolute Gasteiger partial charge is 0.387 e. The van der Waals surface area contributed by atoms with Crippen LogP contribution in [0.4, 0.5) is 13.2 Å². The van der Waals surface area contributed by atoms with E-state index in [0.717, 1.165) is 0 Å². The molecule has 0 aliphatic rings. The molecule has 2 aromatic rings. The van der Waals surface area contributed by atoms with Gasteiger partial charge in [-0.2, -0.15) is 8.78 Å². The van der Waals surface area contributed by atoms with Gasteiger partial charge >= 0.3 is 12.6 Å². The average Bonchev–Trinajstić information content (AvgIpc) is 2.59. The molecule has 0 aliphatic heterocycles. The Balaban J connectivity index is 1.85. The predicted molar refractivity (Wildman–Crippen MR) is 81.6 cm³/mol. The molecule has 1 N–H and O–H groups in total. The monoisotopic (exact) mass is 353 g/mol. The van der Waals surface area contributed by atoms with Crippen LogP contribution in [0.5, 0.6) is 5.75 Å². The summed E-state index contributed by atoms with van der Waals surface area (Å²) in [6.45, 7) is -3.56. The van der Waals surface area contributed by atoms with Crippen LogP contribution in [-0.4, -0.2) is 25.1 Å². The van der Waals surface area contributed by atoms with Gasteiger partial charge in [0, 0.05) is 6.54 Å². The lowest BCUT2D eigenvalue weighted by Gasteiger charge is -2.10. The third-order valence-electron chi connectivity index (χ3n) is 3.06. The van der Waals surface area contributed by atoms with E-state index < -0.39 is 30.9 Å². The summed E-state index contributed by atoms with van der Waals surface area (Å²) in [6.07, 6.45) is 0. The Bertz CT molecular complexity index is 735. The van der Waals surface area contributed by atoms with Gasteiger partial charge in [0.2, 0.25) is 0 Å². The molecule has 0 bridgehead atoms. The van der Waals surface area contributed by atoms with Crippen molar-refractivity contribution >= 4 is 11.9 Å². The minimum Gasteiger partial charge on any atom is -0.452 e. The van der Waals surface area contributed by atoms with Gasteiger partial charge in [-0.05, 0) is 29.8 Å². The number of amides is 1. The molecule has 0 unspecified atom stereocenters. The molecular formula is C17H14F3NO4. The van der Waals surface area contributed by atoms with Gasteiger partial charge in [0.15, 0.2) is 6.61 Å². The topological polar surface area (TPSA) is 64.6 Å².